The van der Waals surface area contributed by atoms with E-state index in [1.807, 2.05) is 0 Å². The van der Waals surface area contributed by atoms with E-state index in [0.29, 0.717) is 17.3 Å². The first-order chi connectivity index (χ1) is 14.6. The van der Waals surface area contributed by atoms with Gasteiger partial charge < -0.3 is 5.11 Å². The summed E-state index contributed by atoms with van der Waals surface area (Å²) in [5, 5.41) is 13.0. The molecule has 3 fully saturated rings. The molecule has 3 saturated carbocycles. The van der Waals surface area contributed by atoms with Gasteiger partial charge in [0, 0.05) is 6.79 Å². The lowest BCUT2D eigenvalue weighted by Crippen LogP contribution is -2.67. The number of aliphatic hydroxyl groups is 1. The van der Waals surface area contributed by atoms with Gasteiger partial charge in [-0.1, -0.05) is 69.4 Å². The summed E-state index contributed by atoms with van der Waals surface area (Å²) < 4.78 is 9.59. The van der Waals surface area contributed by atoms with E-state index in [-0.39, 0.29) is 22.2 Å². The second-order valence-electron chi connectivity index (χ2n) is 14.0. The fourth-order valence-corrected chi connectivity index (χ4v) is 9.80. The minimum Gasteiger partial charge on any atom is -0.385 e. The lowest BCUT2D eigenvalue weighted by Gasteiger charge is -2.71. The summed E-state index contributed by atoms with van der Waals surface area (Å²) in [5.41, 5.74) is 8.23. The van der Waals surface area contributed by atoms with Crippen LogP contribution in [0.5, 0.6) is 0 Å². The molecule has 0 saturated heterocycles. The van der Waals surface area contributed by atoms with Gasteiger partial charge in [-0.15, -0.1) is 0 Å². The van der Waals surface area contributed by atoms with Crippen LogP contribution in [0, 0.1) is 45.3 Å². The molecule has 0 spiro atoms. The third-order valence-electron chi connectivity index (χ3n) is 12.6. The van der Waals surface area contributed by atoms with E-state index in [0.717, 1.165) is 18.8 Å². The zero-order chi connectivity index (χ0) is 23.4. The van der Waals surface area contributed by atoms with Gasteiger partial charge in [-0.25, -0.2) is 0 Å². The highest BCUT2D eigenvalue weighted by atomic mass is 16.3. The van der Waals surface area contributed by atoms with Crippen LogP contribution in [0.25, 0.3) is 0 Å². The lowest BCUT2D eigenvalue weighted by molar-refractivity contribution is -0.148. The van der Waals surface area contributed by atoms with Crippen molar-refractivity contribution in [2.75, 3.05) is 0 Å². The van der Waals surface area contributed by atoms with Gasteiger partial charge in [0.05, 0.1) is 5.60 Å². The third kappa shape index (κ3) is 1.99. The molecule has 31 heavy (non-hydrogen) atoms. The highest BCUT2D eigenvalue weighted by Gasteiger charge is 2.70. The Balaban J connectivity index is 1.62. The summed E-state index contributed by atoms with van der Waals surface area (Å²) in [7, 11) is 0. The van der Waals surface area contributed by atoms with Crippen molar-refractivity contribution in [3.05, 3.63) is 33.4 Å². The molecule has 0 aromatic carbocycles. The van der Waals surface area contributed by atoms with Gasteiger partial charge >= 0.3 is 0 Å². The first kappa shape index (κ1) is 19.6. The summed E-state index contributed by atoms with van der Waals surface area (Å²) in [6, 6.07) is 0. The maximum absolute atomic E-state index is 13.0. The smallest absolute Gasteiger partial charge is 0.0958 e. The average molecular weight is 422 g/mol. The van der Waals surface area contributed by atoms with Gasteiger partial charge in [-0.3, -0.25) is 0 Å². The molecule has 0 amide bonds. The van der Waals surface area contributed by atoms with Crippen LogP contribution in [-0.2, 0) is 0 Å². The van der Waals surface area contributed by atoms with E-state index < -0.39 is 12.0 Å². The normalized spacial score (nSPS) is 51.0. The Morgan fingerprint density at radius 1 is 0.742 bits per heavy atom. The highest BCUT2D eigenvalue weighted by Crippen LogP contribution is 2.76. The Morgan fingerprint density at radius 3 is 1.74 bits per heavy atom. The Morgan fingerprint density at radius 2 is 1.26 bits per heavy atom. The standard InChI is InChI=1S/C30H44O/c1-16-22-10-19(26(22,4)5)11-23(16)29(14-20-12-24(17(29)2)27(20,6)7)30(31)15-21-13-25(18(30)3)28(21,8)9/h19-21,23,31H,10-15H2,1-9H3/i15D. The highest BCUT2D eigenvalue weighted by molar-refractivity contribution is 5.51. The molecule has 1 nitrogen and oxygen atoms in total. The minimum absolute atomic E-state index is 0.0754. The third-order valence-corrected chi connectivity index (χ3v) is 12.6. The first-order valence-corrected chi connectivity index (χ1v) is 12.9. The van der Waals surface area contributed by atoms with E-state index >= 15 is 0 Å². The van der Waals surface area contributed by atoms with E-state index in [9.17, 15) is 6.48 Å². The van der Waals surface area contributed by atoms with Crippen molar-refractivity contribution in [3.8, 4) is 0 Å². The summed E-state index contributed by atoms with van der Waals surface area (Å²) in [6.07, 6.45) is 5.30. The average Bonchev–Trinajstić information content (AvgIpc) is 2.70. The molecule has 0 aromatic rings. The van der Waals surface area contributed by atoms with Gasteiger partial charge in [-0.05, 0) is 105 Å². The summed E-state index contributed by atoms with van der Waals surface area (Å²) in [5.74, 6) is 2.01. The van der Waals surface area contributed by atoms with Crippen LogP contribution >= 0.6 is 0 Å². The molecule has 0 radical (unpaired) electrons. The fraction of sp³-hybridized carbons (Fsp3) is 0.800. The van der Waals surface area contributed by atoms with E-state index in [4.69, 9.17) is 0 Å². The second-order valence-corrected chi connectivity index (χ2v) is 14.0. The lowest BCUT2D eigenvalue weighted by atomic mass is 9.34. The monoisotopic (exact) mass is 421 g/mol. The van der Waals surface area contributed by atoms with Crippen LogP contribution < -0.4 is 0 Å². The number of rotatable bonds is 2. The Labute approximate surface area is 191 Å². The van der Waals surface area contributed by atoms with Crippen molar-refractivity contribution in [1.82, 2.24) is 0 Å². The molecule has 6 bridgehead atoms. The fourth-order valence-electron chi connectivity index (χ4n) is 9.80. The summed E-state index contributed by atoms with van der Waals surface area (Å²) in [6.45, 7) is 21.3. The van der Waals surface area contributed by atoms with E-state index in [2.05, 4.69) is 62.3 Å². The maximum Gasteiger partial charge on any atom is 0.0958 e. The zero-order valence-corrected chi connectivity index (χ0v) is 21.4. The number of hydrogen-bond donors (Lipinski definition) is 1. The van der Waals surface area contributed by atoms with Crippen LogP contribution in [0.3, 0.4) is 0 Å². The van der Waals surface area contributed by atoms with Gasteiger partial charge in [0.2, 0.25) is 0 Å². The van der Waals surface area contributed by atoms with Crippen molar-refractivity contribution < 1.29 is 6.48 Å². The van der Waals surface area contributed by atoms with Crippen molar-refractivity contribution in [3.63, 3.8) is 0 Å². The summed E-state index contributed by atoms with van der Waals surface area (Å²) >= 11 is 0. The number of hydrogen-bond acceptors (Lipinski definition) is 1. The van der Waals surface area contributed by atoms with Crippen LogP contribution in [0.1, 0.15) is 102 Å². The van der Waals surface area contributed by atoms with E-state index in [1.165, 1.54) is 36.0 Å². The zero-order valence-electron chi connectivity index (χ0n) is 22.4. The number of fused-ring (bicyclic) bond motifs is 8. The first-order valence-electron chi connectivity index (χ1n) is 13.5. The number of allylic oxidation sites excluding steroid dienone is 4. The molecule has 170 valence electrons. The van der Waals surface area contributed by atoms with Crippen LogP contribution in [0.2, 0.25) is 0 Å². The van der Waals surface area contributed by atoms with Crippen molar-refractivity contribution in [1.29, 1.82) is 0 Å². The minimum atomic E-state index is -1.04. The Hall–Kier alpha value is -0.820. The Kier molecular flexibility index (Phi) is 3.45. The predicted molar refractivity (Wildman–Crippen MR) is 128 cm³/mol. The van der Waals surface area contributed by atoms with Crippen LogP contribution in [0.15, 0.2) is 33.4 Å². The van der Waals surface area contributed by atoms with E-state index in [1.54, 1.807) is 16.7 Å². The van der Waals surface area contributed by atoms with Crippen molar-refractivity contribution in [2.45, 2.75) is 106 Å². The molecule has 7 atom stereocenters. The van der Waals surface area contributed by atoms with Crippen LogP contribution in [0.4, 0.5) is 0 Å². The molecular formula is C30H44O. The van der Waals surface area contributed by atoms with Gasteiger partial charge in [0.15, 0.2) is 0 Å². The molecule has 0 aromatic heterocycles. The second kappa shape index (κ2) is 5.45. The van der Waals surface area contributed by atoms with Gasteiger partial charge in [-0.2, -0.15) is 0 Å². The quantitative estimate of drug-likeness (QED) is 0.455. The molecule has 0 aliphatic heterocycles. The van der Waals surface area contributed by atoms with Crippen molar-refractivity contribution in [2.24, 2.45) is 45.3 Å². The molecule has 1 N–H and O–H groups in total. The SMILES string of the molecule is [2H]C1C2CC(=C(C)C1(O)C1(C3CC4CC(=C3C)C4(C)C)CC3CC(=C1C)C3(C)C)C2(C)C. The molecular weight excluding hydrogens is 376 g/mol. The molecule has 0 heterocycles. The molecule has 9 aliphatic carbocycles. The maximum atomic E-state index is 13.0. The molecule has 7 unspecified atom stereocenters. The van der Waals surface area contributed by atoms with Crippen molar-refractivity contribution >= 4 is 0 Å². The predicted octanol–water partition coefficient (Wildman–Crippen LogP) is 7.62. The Bertz CT molecular complexity index is 1040. The van der Waals surface area contributed by atoms with Gasteiger partial charge in [0.25, 0.3) is 0 Å². The van der Waals surface area contributed by atoms with Crippen LogP contribution in [-0.4, -0.2) is 10.7 Å². The largest absolute Gasteiger partial charge is 0.385 e. The van der Waals surface area contributed by atoms with Gasteiger partial charge in [0.1, 0.15) is 0 Å². The molecule has 1 heteroatoms. The molecule has 9 aliphatic rings. The molecule has 9 rings (SSSR count). The topological polar surface area (TPSA) is 20.2 Å². The summed E-state index contributed by atoms with van der Waals surface area (Å²) in [4.78, 5) is 0.